The molecule has 1 saturated heterocycles. The van der Waals surface area contributed by atoms with Crippen molar-refractivity contribution in [1.29, 1.82) is 0 Å². The number of sulfonamides is 1. The van der Waals surface area contributed by atoms with Gasteiger partial charge in [-0.1, -0.05) is 52.7 Å². The van der Waals surface area contributed by atoms with Crippen molar-refractivity contribution in [2.24, 2.45) is 0 Å². The summed E-state index contributed by atoms with van der Waals surface area (Å²) in [6.07, 6.45) is 1.59. The van der Waals surface area contributed by atoms with Crippen molar-refractivity contribution in [2.45, 2.75) is 38.5 Å². The van der Waals surface area contributed by atoms with Gasteiger partial charge >= 0.3 is 0 Å². The Morgan fingerprint density at radius 2 is 1.55 bits per heavy atom. The van der Waals surface area contributed by atoms with Gasteiger partial charge in [0.25, 0.3) is 0 Å². The van der Waals surface area contributed by atoms with Crippen LogP contribution in [0.15, 0.2) is 57.9 Å². The fraction of sp³-hybridized carbons (Fsp3) is 0.360. The Balaban J connectivity index is 1.58. The third-order valence-corrected chi connectivity index (χ3v) is 8.45. The van der Waals surface area contributed by atoms with Gasteiger partial charge in [-0.15, -0.1) is 0 Å². The van der Waals surface area contributed by atoms with E-state index in [1.54, 1.807) is 28.6 Å². The lowest BCUT2D eigenvalue weighted by Gasteiger charge is -2.36. The molecule has 0 radical (unpaired) electrons. The van der Waals surface area contributed by atoms with E-state index in [1.165, 1.54) is 11.1 Å². The van der Waals surface area contributed by atoms with E-state index in [1.807, 2.05) is 6.92 Å². The summed E-state index contributed by atoms with van der Waals surface area (Å²) in [5.41, 5.74) is 4.65. The molecule has 2 heterocycles. The van der Waals surface area contributed by atoms with E-state index < -0.39 is 10.0 Å². The van der Waals surface area contributed by atoms with E-state index in [9.17, 15) is 8.42 Å². The third-order valence-electron chi connectivity index (χ3n) is 6.01. The van der Waals surface area contributed by atoms with Crippen LogP contribution < -0.4 is 4.90 Å². The van der Waals surface area contributed by atoms with Gasteiger partial charge in [-0.25, -0.2) is 18.4 Å². The first-order valence-corrected chi connectivity index (χ1v) is 13.4. The maximum Gasteiger partial charge on any atom is 0.243 e. The Kier molecular flexibility index (Phi) is 7.16. The molecule has 1 aliphatic heterocycles. The van der Waals surface area contributed by atoms with Crippen molar-refractivity contribution in [3.05, 3.63) is 81.2 Å². The minimum absolute atomic E-state index is 0.324. The first kappa shape index (κ1) is 23.9. The Morgan fingerprint density at radius 3 is 2.15 bits per heavy atom. The monoisotopic (exact) mass is 528 g/mol. The lowest BCUT2D eigenvalue weighted by Crippen LogP contribution is -2.49. The van der Waals surface area contributed by atoms with Crippen LogP contribution in [0.3, 0.4) is 0 Å². The first-order chi connectivity index (χ1) is 15.8. The van der Waals surface area contributed by atoms with Crippen molar-refractivity contribution in [3.8, 4) is 0 Å². The molecule has 0 unspecified atom stereocenters. The highest BCUT2D eigenvalue weighted by atomic mass is 79.9. The minimum Gasteiger partial charge on any atom is -0.354 e. The predicted octanol–water partition coefficient (Wildman–Crippen LogP) is 4.52. The smallest absolute Gasteiger partial charge is 0.243 e. The highest BCUT2D eigenvalue weighted by Crippen LogP contribution is 2.27. The molecule has 6 nitrogen and oxygen atoms in total. The van der Waals surface area contributed by atoms with Crippen LogP contribution in [0.25, 0.3) is 0 Å². The molecule has 8 heteroatoms. The maximum atomic E-state index is 13.1. The average molecular weight is 530 g/mol. The summed E-state index contributed by atoms with van der Waals surface area (Å²) in [6.45, 7) is 8.16. The second-order valence-electron chi connectivity index (χ2n) is 8.38. The van der Waals surface area contributed by atoms with Crippen LogP contribution in [0.4, 0.5) is 5.82 Å². The van der Waals surface area contributed by atoms with Crippen molar-refractivity contribution >= 4 is 31.8 Å². The maximum absolute atomic E-state index is 13.1. The van der Waals surface area contributed by atoms with Crippen molar-refractivity contribution in [2.75, 3.05) is 31.1 Å². The highest BCUT2D eigenvalue weighted by Gasteiger charge is 2.30. The Morgan fingerprint density at radius 1 is 0.909 bits per heavy atom. The van der Waals surface area contributed by atoms with E-state index in [0.29, 0.717) is 31.1 Å². The summed E-state index contributed by atoms with van der Waals surface area (Å²) >= 11 is 3.37. The molecule has 0 N–H and O–H groups in total. The summed E-state index contributed by atoms with van der Waals surface area (Å²) < 4.78 is 28.6. The molecule has 2 aromatic carbocycles. The van der Waals surface area contributed by atoms with Crippen LogP contribution in [0.1, 0.15) is 35.1 Å². The van der Waals surface area contributed by atoms with Crippen LogP contribution in [-0.4, -0.2) is 48.9 Å². The summed E-state index contributed by atoms with van der Waals surface area (Å²) in [5.74, 6) is 1.68. The molecule has 4 rings (SSSR count). The number of nitrogens with zero attached hydrogens (tertiary/aromatic N) is 4. The molecule has 0 amide bonds. The topological polar surface area (TPSA) is 66.4 Å². The van der Waals surface area contributed by atoms with Crippen LogP contribution >= 0.6 is 15.9 Å². The molecule has 0 bridgehead atoms. The number of piperazine rings is 1. The SMILES string of the molecule is CCc1nc(C)nc(N2CCN(S(=O)(=O)c3ccc(Br)cc3)CC2)c1Cc1ccc(C)cc1. The highest BCUT2D eigenvalue weighted by molar-refractivity contribution is 9.10. The molecule has 174 valence electrons. The van der Waals surface area contributed by atoms with E-state index in [2.05, 4.69) is 58.9 Å². The number of aryl methyl sites for hydroxylation is 3. The number of aromatic nitrogens is 2. The van der Waals surface area contributed by atoms with Gasteiger partial charge in [-0.2, -0.15) is 4.31 Å². The fourth-order valence-corrected chi connectivity index (χ4v) is 5.87. The second-order valence-corrected chi connectivity index (χ2v) is 11.2. The third kappa shape index (κ3) is 5.28. The molecule has 0 spiro atoms. The van der Waals surface area contributed by atoms with Crippen LogP contribution in [-0.2, 0) is 22.9 Å². The first-order valence-electron chi connectivity index (χ1n) is 11.2. The molecule has 0 atom stereocenters. The van der Waals surface area contributed by atoms with Gasteiger partial charge in [0.1, 0.15) is 11.6 Å². The van der Waals surface area contributed by atoms with Crippen LogP contribution in [0.5, 0.6) is 0 Å². The molecule has 0 aliphatic carbocycles. The normalized spacial score (nSPS) is 15.1. The number of hydrogen-bond donors (Lipinski definition) is 0. The standard InChI is InChI=1S/C25H29BrN4O2S/c1-4-24-23(17-20-7-5-18(2)6-8-20)25(28-19(3)27-24)29-13-15-30(16-14-29)33(31,32)22-11-9-21(26)10-12-22/h5-12H,4,13-17H2,1-3H3. The zero-order chi connectivity index (χ0) is 23.6. The number of rotatable bonds is 6. The summed E-state index contributed by atoms with van der Waals surface area (Å²) in [6, 6.07) is 15.4. The number of benzene rings is 2. The van der Waals surface area contributed by atoms with E-state index in [-0.39, 0.29) is 0 Å². The van der Waals surface area contributed by atoms with Crippen molar-refractivity contribution in [1.82, 2.24) is 14.3 Å². The molecule has 33 heavy (non-hydrogen) atoms. The Bertz CT molecular complexity index is 1220. The minimum atomic E-state index is -3.52. The zero-order valence-electron chi connectivity index (χ0n) is 19.3. The van der Waals surface area contributed by atoms with Gasteiger partial charge in [-0.3, -0.25) is 0 Å². The number of halogens is 1. The van der Waals surface area contributed by atoms with Crippen LogP contribution in [0, 0.1) is 13.8 Å². The van der Waals surface area contributed by atoms with E-state index in [4.69, 9.17) is 9.97 Å². The van der Waals surface area contributed by atoms with Gasteiger partial charge in [0.15, 0.2) is 0 Å². The molecule has 1 aromatic heterocycles. The lowest BCUT2D eigenvalue weighted by atomic mass is 10.0. The molecule has 3 aromatic rings. The summed E-state index contributed by atoms with van der Waals surface area (Å²) in [7, 11) is -3.52. The molecular weight excluding hydrogens is 500 g/mol. The van der Waals surface area contributed by atoms with Gasteiger partial charge < -0.3 is 4.90 Å². The van der Waals surface area contributed by atoms with Crippen molar-refractivity contribution in [3.63, 3.8) is 0 Å². The zero-order valence-corrected chi connectivity index (χ0v) is 21.7. The van der Waals surface area contributed by atoms with E-state index >= 15 is 0 Å². The largest absolute Gasteiger partial charge is 0.354 e. The number of hydrogen-bond acceptors (Lipinski definition) is 5. The van der Waals surface area contributed by atoms with Gasteiger partial charge in [0.2, 0.25) is 10.0 Å². The second kappa shape index (κ2) is 9.91. The molecule has 0 saturated carbocycles. The van der Waals surface area contributed by atoms with Gasteiger partial charge in [0, 0.05) is 48.3 Å². The fourth-order valence-electron chi connectivity index (χ4n) is 4.18. The lowest BCUT2D eigenvalue weighted by molar-refractivity contribution is 0.383. The summed E-state index contributed by atoms with van der Waals surface area (Å²) in [5, 5.41) is 0. The predicted molar refractivity (Wildman–Crippen MR) is 135 cm³/mol. The van der Waals surface area contributed by atoms with Gasteiger partial charge in [0.05, 0.1) is 4.90 Å². The average Bonchev–Trinajstić information content (AvgIpc) is 2.81. The van der Waals surface area contributed by atoms with E-state index in [0.717, 1.165) is 40.2 Å². The summed E-state index contributed by atoms with van der Waals surface area (Å²) in [4.78, 5) is 12.1. The quantitative estimate of drug-likeness (QED) is 0.470. The molecule has 1 aliphatic rings. The molecule has 1 fully saturated rings. The Labute approximate surface area is 204 Å². The van der Waals surface area contributed by atoms with Crippen molar-refractivity contribution < 1.29 is 8.42 Å². The van der Waals surface area contributed by atoms with Gasteiger partial charge in [-0.05, 0) is 50.1 Å². The number of anilines is 1. The molecular formula is C25H29BrN4O2S. The Hall–Kier alpha value is -2.29. The van der Waals surface area contributed by atoms with Crippen LogP contribution in [0.2, 0.25) is 0 Å².